The van der Waals surface area contributed by atoms with E-state index in [1.54, 1.807) is 25.3 Å². The largest absolute Gasteiger partial charge is 0.497 e. The average Bonchev–Trinajstić information content (AvgIpc) is 2.53. The van der Waals surface area contributed by atoms with Crippen molar-refractivity contribution in [1.29, 1.82) is 0 Å². The quantitative estimate of drug-likeness (QED) is 0.752. The third-order valence-electron chi connectivity index (χ3n) is 3.17. The molecule has 0 bridgehead atoms. The Morgan fingerprint density at radius 2 is 1.75 bits per heavy atom. The number of aryl methyl sites for hydroxylation is 1. The SMILES string of the molecule is CCc1ccc(COc2cc(OC)ccc2C=O)cc1. The summed E-state index contributed by atoms with van der Waals surface area (Å²) < 4.78 is 10.9. The second-order valence-electron chi connectivity index (χ2n) is 4.48. The molecule has 0 aliphatic rings. The van der Waals surface area contributed by atoms with Crippen LogP contribution in [0.1, 0.15) is 28.4 Å². The molecule has 0 saturated heterocycles. The Labute approximate surface area is 119 Å². The van der Waals surface area contributed by atoms with Gasteiger partial charge in [0.05, 0.1) is 12.7 Å². The minimum absolute atomic E-state index is 0.429. The fourth-order valence-corrected chi connectivity index (χ4v) is 1.90. The second kappa shape index (κ2) is 6.75. The maximum atomic E-state index is 11.0. The van der Waals surface area contributed by atoms with Crippen molar-refractivity contribution in [2.75, 3.05) is 7.11 Å². The molecule has 0 heterocycles. The maximum Gasteiger partial charge on any atom is 0.153 e. The van der Waals surface area contributed by atoms with Crippen molar-refractivity contribution in [3.05, 3.63) is 59.2 Å². The highest BCUT2D eigenvalue weighted by molar-refractivity contribution is 5.79. The average molecular weight is 270 g/mol. The van der Waals surface area contributed by atoms with E-state index in [-0.39, 0.29) is 0 Å². The number of aldehydes is 1. The first-order valence-corrected chi connectivity index (χ1v) is 6.60. The summed E-state index contributed by atoms with van der Waals surface area (Å²) in [6, 6.07) is 13.4. The Kier molecular flexibility index (Phi) is 4.77. The number of carbonyl (C=O) groups is 1. The third kappa shape index (κ3) is 3.38. The van der Waals surface area contributed by atoms with Crippen LogP contribution in [-0.2, 0) is 13.0 Å². The van der Waals surface area contributed by atoms with E-state index in [1.807, 2.05) is 12.1 Å². The molecule has 0 aromatic heterocycles. The minimum atomic E-state index is 0.429. The molecular weight excluding hydrogens is 252 g/mol. The molecule has 0 atom stereocenters. The molecule has 2 aromatic carbocycles. The summed E-state index contributed by atoms with van der Waals surface area (Å²) in [7, 11) is 1.59. The van der Waals surface area contributed by atoms with Gasteiger partial charge in [-0.3, -0.25) is 4.79 Å². The normalized spacial score (nSPS) is 10.1. The summed E-state index contributed by atoms with van der Waals surface area (Å²) in [5.41, 5.74) is 2.89. The summed E-state index contributed by atoms with van der Waals surface area (Å²) in [5, 5.41) is 0. The lowest BCUT2D eigenvalue weighted by Gasteiger charge is -2.10. The Hall–Kier alpha value is -2.29. The van der Waals surface area contributed by atoms with Crippen LogP contribution in [0.3, 0.4) is 0 Å². The van der Waals surface area contributed by atoms with E-state index in [4.69, 9.17) is 9.47 Å². The standard InChI is InChI=1S/C17H18O3/c1-3-13-4-6-14(7-5-13)12-20-17-10-16(19-2)9-8-15(17)11-18/h4-11H,3,12H2,1-2H3. The predicted octanol–water partition coefficient (Wildman–Crippen LogP) is 3.65. The lowest BCUT2D eigenvalue weighted by molar-refractivity contribution is 0.111. The number of hydrogen-bond donors (Lipinski definition) is 0. The van der Waals surface area contributed by atoms with E-state index < -0.39 is 0 Å². The molecule has 0 amide bonds. The Bertz CT molecular complexity index is 573. The minimum Gasteiger partial charge on any atom is -0.497 e. The van der Waals surface area contributed by atoms with Crippen molar-refractivity contribution in [3.63, 3.8) is 0 Å². The molecule has 104 valence electrons. The molecule has 0 N–H and O–H groups in total. The third-order valence-corrected chi connectivity index (χ3v) is 3.17. The highest BCUT2D eigenvalue weighted by Gasteiger charge is 2.05. The Morgan fingerprint density at radius 1 is 1.05 bits per heavy atom. The smallest absolute Gasteiger partial charge is 0.153 e. The summed E-state index contributed by atoms with van der Waals surface area (Å²) in [6.45, 7) is 2.55. The molecule has 0 fully saturated rings. The van der Waals surface area contributed by atoms with Gasteiger partial charge in [-0.05, 0) is 29.7 Å². The van der Waals surface area contributed by atoms with Crippen molar-refractivity contribution in [2.45, 2.75) is 20.0 Å². The van der Waals surface area contributed by atoms with Crippen molar-refractivity contribution < 1.29 is 14.3 Å². The van der Waals surface area contributed by atoms with Gasteiger partial charge in [0.25, 0.3) is 0 Å². The van der Waals surface area contributed by atoms with E-state index in [2.05, 4.69) is 19.1 Å². The van der Waals surface area contributed by atoms with Crippen LogP contribution in [0.25, 0.3) is 0 Å². The van der Waals surface area contributed by atoms with Crippen LogP contribution < -0.4 is 9.47 Å². The van der Waals surface area contributed by atoms with Gasteiger partial charge in [-0.25, -0.2) is 0 Å². The fraction of sp³-hybridized carbons (Fsp3) is 0.235. The molecule has 0 spiro atoms. The lowest BCUT2D eigenvalue weighted by atomic mass is 10.1. The number of carbonyl (C=O) groups excluding carboxylic acids is 1. The van der Waals surface area contributed by atoms with E-state index in [0.717, 1.165) is 18.3 Å². The van der Waals surface area contributed by atoms with Crippen LogP contribution in [0.5, 0.6) is 11.5 Å². The highest BCUT2D eigenvalue weighted by Crippen LogP contribution is 2.24. The highest BCUT2D eigenvalue weighted by atomic mass is 16.5. The van der Waals surface area contributed by atoms with Gasteiger partial charge in [-0.1, -0.05) is 31.2 Å². The zero-order chi connectivity index (χ0) is 14.4. The van der Waals surface area contributed by atoms with E-state index in [9.17, 15) is 4.79 Å². The number of ether oxygens (including phenoxy) is 2. The predicted molar refractivity (Wildman–Crippen MR) is 78.5 cm³/mol. The van der Waals surface area contributed by atoms with Crippen LogP contribution in [0.4, 0.5) is 0 Å². The van der Waals surface area contributed by atoms with Gasteiger partial charge < -0.3 is 9.47 Å². The summed E-state index contributed by atoms with van der Waals surface area (Å²) >= 11 is 0. The van der Waals surface area contributed by atoms with Crippen LogP contribution in [0.2, 0.25) is 0 Å². The first-order chi connectivity index (χ1) is 9.76. The fourth-order valence-electron chi connectivity index (χ4n) is 1.90. The van der Waals surface area contributed by atoms with E-state index in [1.165, 1.54) is 5.56 Å². The molecule has 0 aliphatic heterocycles. The zero-order valence-corrected chi connectivity index (χ0v) is 11.8. The number of benzene rings is 2. The number of hydrogen-bond acceptors (Lipinski definition) is 3. The maximum absolute atomic E-state index is 11.0. The van der Waals surface area contributed by atoms with Crippen molar-refractivity contribution in [3.8, 4) is 11.5 Å². The molecule has 0 aliphatic carbocycles. The van der Waals surface area contributed by atoms with Crippen LogP contribution in [0, 0.1) is 0 Å². The molecular formula is C17H18O3. The van der Waals surface area contributed by atoms with Crippen molar-refractivity contribution >= 4 is 6.29 Å². The van der Waals surface area contributed by atoms with Crippen molar-refractivity contribution in [1.82, 2.24) is 0 Å². The Balaban J connectivity index is 2.10. The van der Waals surface area contributed by atoms with Gasteiger partial charge in [0.2, 0.25) is 0 Å². The molecule has 2 rings (SSSR count). The number of methoxy groups -OCH3 is 1. The second-order valence-corrected chi connectivity index (χ2v) is 4.48. The summed E-state index contributed by atoms with van der Waals surface area (Å²) in [5.74, 6) is 1.21. The molecule has 0 saturated carbocycles. The van der Waals surface area contributed by atoms with Gasteiger partial charge >= 0.3 is 0 Å². The Morgan fingerprint density at radius 3 is 2.35 bits per heavy atom. The molecule has 3 heteroatoms. The van der Waals surface area contributed by atoms with Gasteiger partial charge in [0, 0.05) is 6.07 Å². The lowest BCUT2D eigenvalue weighted by Crippen LogP contribution is -1.99. The zero-order valence-electron chi connectivity index (χ0n) is 11.8. The van der Waals surface area contributed by atoms with Gasteiger partial charge in [0.1, 0.15) is 18.1 Å². The molecule has 0 unspecified atom stereocenters. The van der Waals surface area contributed by atoms with Crippen LogP contribution in [-0.4, -0.2) is 13.4 Å². The number of rotatable bonds is 6. The topological polar surface area (TPSA) is 35.5 Å². The first kappa shape index (κ1) is 14.1. The van der Waals surface area contributed by atoms with E-state index >= 15 is 0 Å². The molecule has 0 radical (unpaired) electrons. The van der Waals surface area contributed by atoms with Gasteiger partial charge in [-0.2, -0.15) is 0 Å². The molecule has 3 nitrogen and oxygen atoms in total. The van der Waals surface area contributed by atoms with Gasteiger partial charge in [0.15, 0.2) is 6.29 Å². The van der Waals surface area contributed by atoms with Crippen LogP contribution >= 0.6 is 0 Å². The molecule has 2 aromatic rings. The first-order valence-electron chi connectivity index (χ1n) is 6.60. The summed E-state index contributed by atoms with van der Waals surface area (Å²) in [4.78, 5) is 11.0. The van der Waals surface area contributed by atoms with Crippen molar-refractivity contribution in [2.24, 2.45) is 0 Å². The van der Waals surface area contributed by atoms with Crippen LogP contribution in [0.15, 0.2) is 42.5 Å². The van der Waals surface area contributed by atoms with Gasteiger partial charge in [-0.15, -0.1) is 0 Å². The molecule has 20 heavy (non-hydrogen) atoms. The van der Waals surface area contributed by atoms with E-state index in [0.29, 0.717) is 23.7 Å². The summed E-state index contributed by atoms with van der Waals surface area (Å²) in [6.07, 6.45) is 1.81. The monoisotopic (exact) mass is 270 g/mol.